The van der Waals surface area contributed by atoms with Crippen LogP contribution in [0.15, 0.2) is 42.5 Å². The van der Waals surface area contributed by atoms with Gasteiger partial charge in [-0.3, -0.25) is 0 Å². The first-order valence-electron chi connectivity index (χ1n) is 9.37. The fourth-order valence-electron chi connectivity index (χ4n) is 3.37. The molecule has 0 aliphatic heterocycles. The van der Waals surface area contributed by atoms with E-state index in [0.717, 1.165) is 17.7 Å². The minimum Gasteiger partial charge on any atom is -0.490 e. The van der Waals surface area contributed by atoms with E-state index in [9.17, 15) is 4.79 Å². The van der Waals surface area contributed by atoms with Crippen molar-refractivity contribution in [3.63, 3.8) is 0 Å². The molecule has 144 valence electrons. The zero-order valence-electron chi connectivity index (χ0n) is 15.6. The summed E-state index contributed by atoms with van der Waals surface area (Å²) in [5.74, 6) is 0.612. The van der Waals surface area contributed by atoms with Crippen LogP contribution in [-0.2, 0) is 28.8 Å². The number of fused-ring (bicyclic) bond motifs is 1. The molecule has 1 N–H and O–H groups in total. The normalized spacial score (nSPS) is 14.3. The van der Waals surface area contributed by atoms with Crippen LogP contribution in [0.25, 0.3) is 0 Å². The molecule has 1 unspecified atom stereocenters. The van der Waals surface area contributed by atoms with Crippen molar-refractivity contribution >= 4 is 5.97 Å². The van der Waals surface area contributed by atoms with E-state index in [-0.39, 0.29) is 0 Å². The number of hydrogen-bond acceptors (Lipinski definition) is 4. The second-order valence-electron chi connectivity index (χ2n) is 6.75. The monoisotopic (exact) mass is 370 g/mol. The lowest BCUT2D eigenvalue weighted by molar-refractivity contribution is -0.148. The Morgan fingerprint density at radius 3 is 2.41 bits per heavy atom. The third-order valence-corrected chi connectivity index (χ3v) is 4.82. The molecule has 3 rings (SSSR count). The van der Waals surface area contributed by atoms with Crippen molar-refractivity contribution < 1.29 is 24.1 Å². The molecule has 0 spiro atoms. The number of carboxylic acid groups (broad SMARTS) is 1. The number of aliphatic carboxylic acids is 1. The molecule has 0 fully saturated rings. The third kappa shape index (κ3) is 5.47. The fourth-order valence-corrected chi connectivity index (χ4v) is 3.37. The van der Waals surface area contributed by atoms with Gasteiger partial charge in [0.05, 0.1) is 0 Å². The Kier molecular flexibility index (Phi) is 6.71. The molecule has 2 aromatic carbocycles. The summed E-state index contributed by atoms with van der Waals surface area (Å²) in [7, 11) is 1.40. The van der Waals surface area contributed by atoms with Gasteiger partial charge in [0.1, 0.15) is 24.7 Å². The highest BCUT2D eigenvalue weighted by atomic mass is 16.5. The number of benzene rings is 2. The number of hydrogen-bond donors (Lipinski definition) is 1. The van der Waals surface area contributed by atoms with Crippen molar-refractivity contribution in [1.82, 2.24) is 0 Å². The molecule has 5 nitrogen and oxygen atoms in total. The number of carbonyl (C=O) groups is 1. The Hall–Kier alpha value is -2.53. The van der Waals surface area contributed by atoms with E-state index in [4.69, 9.17) is 19.3 Å². The van der Waals surface area contributed by atoms with Crippen LogP contribution in [0, 0.1) is 0 Å². The van der Waals surface area contributed by atoms with Gasteiger partial charge in [-0.2, -0.15) is 0 Å². The van der Waals surface area contributed by atoms with Gasteiger partial charge in [0.25, 0.3) is 0 Å². The molecule has 0 radical (unpaired) electrons. The van der Waals surface area contributed by atoms with Crippen molar-refractivity contribution in [1.29, 1.82) is 0 Å². The largest absolute Gasteiger partial charge is 0.490 e. The molecule has 1 aliphatic rings. The third-order valence-electron chi connectivity index (χ3n) is 4.82. The molecule has 0 heterocycles. The zero-order chi connectivity index (χ0) is 19.1. The highest BCUT2D eigenvalue weighted by Gasteiger charge is 2.17. The molecule has 2 aromatic rings. The van der Waals surface area contributed by atoms with Crippen LogP contribution < -0.4 is 9.47 Å². The molecule has 0 bridgehead atoms. The first kappa shape index (κ1) is 19.2. The van der Waals surface area contributed by atoms with Crippen LogP contribution in [0.3, 0.4) is 0 Å². The first-order valence-corrected chi connectivity index (χ1v) is 9.37. The number of methoxy groups -OCH3 is 1. The van der Waals surface area contributed by atoms with E-state index in [1.807, 2.05) is 30.3 Å². The maximum Gasteiger partial charge on any atom is 0.333 e. The molecular weight excluding hydrogens is 344 g/mol. The van der Waals surface area contributed by atoms with Gasteiger partial charge in [-0.25, -0.2) is 4.79 Å². The Morgan fingerprint density at radius 2 is 1.70 bits per heavy atom. The molecular formula is C22H26O5. The molecule has 0 amide bonds. The summed E-state index contributed by atoms with van der Waals surface area (Å²) >= 11 is 0. The van der Waals surface area contributed by atoms with E-state index in [1.54, 1.807) is 0 Å². The summed E-state index contributed by atoms with van der Waals surface area (Å²) in [6, 6.07) is 13.8. The van der Waals surface area contributed by atoms with Crippen molar-refractivity contribution in [3.8, 4) is 11.5 Å². The maximum atomic E-state index is 11.1. The summed E-state index contributed by atoms with van der Waals surface area (Å²) in [6.45, 7) is 0.881. The smallest absolute Gasteiger partial charge is 0.333 e. The molecule has 0 saturated carbocycles. The maximum absolute atomic E-state index is 11.1. The molecule has 27 heavy (non-hydrogen) atoms. The summed E-state index contributed by atoms with van der Waals surface area (Å²) < 4.78 is 16.5. The minimum absolute atomic E-state index is 0.300. The van der Waals surface area contributed by atoms with Gasteiger partial charge in [0.15, 0.2) is 6.10 Å². The summed E-state index contributed by atoms with van der Waals surface area (Å²) in [5, 5.41) is 9.09. The second kappa shape index (κ2) is 9.42. The number of rotatable bonds is 9. The van der Waals surface area contributed by atoms with Crippen molar-refractivity contribution in [3.05, 3.63) is 59.2 Å². The van der Waals surface area contributed by atoms with Gasteiger partial charge in [-0.15, -0.1) is 0 Å². The van der Waals surface area contributed by atoms with E-state index in [2.05, 4.69) is 12.1 Å². The van der Waals surface area contributed by atoms with Crippen LogP contribution in [0.1, 0.15) is 29.5 Å². The van der Waals surface area contributed by atoms with Gasteiger partial charge >= 0.3 is 5.97 Å². The van der Waals surface area contributed by atoms with E-state index in [1.165, 1.54) is 37.5 Å². The van der Waals surface area contributed by atoms with Crippen molar-refractivity contribution in [2.75, 3.05) is 20.3 Å². The Balaban J connectivity index is 1.48. The SMILES string of the molecule is COC(Cc1cccc(OCCOc2ccc3c(c2)CCCC3)c1)C(=O)O. The topological polar surface area (TPSA) is 65.0 Å². The van der Waals surface area contributed by atoms with E-state index < -0.39 is 12.1 Å². The van der Waals surface area contributed by atoms with Crippen LogP contribution >= 0.6 is 0 Å². The predicted molar refractivity (Wildman–Crippen MR) is 103 cm³/mol. The quantitative estimate of drug-likeness (QED) is 0.683. The van der Waals surface area contributed by atoms with Gasteiger partial charge in [-0.1, -0.05) is 18.2 Å². The van der Waals surface area contributed by atoms with Gasteiger partial charge in [0, 0.05) is 13.5 Å². The lowest BCUT2D eigenvalue weighted by Crippen LogP contribution is -2.24. The molecule has 1 aliphatic carbocycles. The lowest BCUT2D eigenvalue weighted by atomic mass is 9.92. The first-order chi connectivity index (χ1) is 13.2. The average molecular weight is 370 g/mol. The van der Waals surface area contributed by atoms with Crippen molar-refractivity contribution in [2.45, 2.75) is 38.2 Å². The lowest BCUT2D eigenvalue weighted by Gasteiger charge is -2.17. The number of ether oxygens (including phenoxy) is 3. The van der Waals surface area contributed by atoms with Crippen LogP contribution in [0.2, 0.25) is 0 Å². The molecule has 0 aromatic heterocycles. The Bertz CT molecular complexity index is 771. The van der Waals surface area contributed by atoms with Gasteiger partial charge < -0.3 is 19.3 Å². The fraction of sp³-hybridized carbons (Fsp3) is 0.409. The molecule has 5 heteroatoms. The van der Waals surface area contributed by atoms with Crippen LogP contribution in [0.5, 0.6) is 11.5 Å². The Labute approximate surface area is 159 Å². The predicted octanol–water partition coefficient (Wildman–Crippen LogP) is 3.67. The zero-order valence-corrected chi connectivity index (χ0v) is 15.6. The summed E-state index contributed by atoms with van der Waals surface area (Å²) in [4.78, 5) is 11.1. The van der Waals surface area contributed by atoms with Crippen molar-refractivity contribution in [2.24, 2.45) is 0 Å². The number of carboxylic acids is 1. The minimum atomic E-state index is -0.970. The highest BCUT2D eigenvalue weighted by molar-refractivity contribution is 5.72. The van der Waals surface area contributed by atoms with E-state index >= 15 is 0 Å². The molecule has 0 saturated heterocycles. The Morgan fingerprint density at radius 1 is 1.00 bits per heavy atom. The second-order valence-corrected chi connectivity index (χ2v) is 6.75. The summed E-state index contributed by atoms with van der Waals surface area (Å²) in [5.41, 5.74) is 3.70. The molecule has 1 atom stereocenters. The van der Waals surface area contributed by atoms with Crippen LogP contribution in [-0.4, -0.2) is 37.5 Å². The highest BCUT2D eigenvalue weighted by Crippen LogP contribution is 2.25. The van der Waals surface area contributed by atoms with Crippen LogP contribution in [0.4, 0.5) is 0 Å². The average Bonchev–Trinajstić information content (AvgIpc) is 2.69. The van der Waals surface area contributed by atoms with E-state index in [0.29, 0.717) is 25.4 Å². The van der Waals surface area contributed by atoms with Gasteiger partial charge in [-0.05, 0) is 66.6 Å². The standard InChI is InChI=1S/C22H26O5/c1-25-21(22(23)24)14-16-5-4-8-19(13-16)26-11-12-27-20-10-9-17-6-2-3-7-18(17)15-20/h4-5,8-10,13,15,21H,2-3,6-7,11-12,14H2,1H3,(H,23,24). The number of aryl methyl sites for hydroxylation is 2. The van der Waals surface area contributed by atoms with Gasteiger partial charge in [0.2, 0.25) is 0 Å². The summed E-state index contributed by atoms with van der Waals surface area (Å²) in [6.07, 6.45) is 4.27.